The third kappa shape index (κ3) is 6.04. The minimum atomic E-state index is 0.566. The van der Waals surface area contributed by atoms with Crippen LogP contribution in [-0.4, -0.2) is 60.8 Å². The summed E-state index contributed by atoms with van der Waals surface area (Å²) in [6.07, 6.45) is 10.0. The molecule has 2 aliphatic heterocycles. The SMILES string of the molecule is Cc1ccsc1CN1CC2(CCN(Cc3ccc(CN(Cc4ncc[nH]4)Cc4ncc[nH]4)cc3)CC2)C1. The first-order chi connectivity index (χ1) is 18.1. The first kappa shape index (κ1) is 24.6. The highest BCUT2D eigenvalue weighted by Crippen LogP contribution is 2.41. The van der Waals surface area contributed by atoms with Crippen LogP contribution in [0, 0.1) is 12.3 Å². The Bertz CT molecular complexity index is 1190. The molecule has 3 aromatic heterocycles. The Morgan fingerprint density at radius 1 is 0.838 bits per heavy atom. The molecule has 5 heterocycles. The molecule has 0 radical (unpaired) electrons. The third-order valence-electron chi connectivity index (χ3n) is 8.06. The zero-order valence-corrected chi connectivity index (χ0v) is 22.5. The molecule has 0 atom stereocenters. The van der Waals surface area contributed by atoms with E-state index in [1.165, 1.54) is 55.7 Å². The summed E-state index contributed by atoms with van der Waals surface area (Å²) in [6.45, 7) is 11.8. The molecule has 0 aliphatic carbocycles. The molecule has 0 saturated carbocycles. The Kier molecular flexibility index (Phi) is 7.24. The highest BCUT2D eigenvalue weighted by atomic mass is 32.1. The predicted molar refractivity (Wildman–Crippen MR) is 148 cm³/mol. The number of piperidine rings is 1. The topological polar surface area (TPSA) is 67.1 Å². The van der Waals surface area contributed by atoms with E-state index in [0.717, 1.165) is 44.4 Å². The molecular weight excluding hydrogens is 478 g/mol. The number of nitrogens with one attached hydrogen (secondary N) is 2. The molecule has 1 spiro atoms. The third-order valence-corrected chi connectivity index (χ3v) is 9.07. The van der Waals surface area contributed by atoms with Gasteiger partial charge < -0.3 is 9.97 Å². The van der Waals surface area contributed by atoms with Gasteiger partial charge in [-0.3, -0.25) is 14.7 Å². The summed E-state index contributed by atoms with van der Waals surface area (Å²) in [4.78, 5) is 24.5. The molecule has 0 amide bonds. The monoisotopic (exact) mass is 515 g/mol. The van der Waals surface area contributed by atoms with E-state index in [4.69, 9.17) is 0 Å². The van der Waals surface area contributed by atoms with Crippen LogP contribution in [0.2, 0.25) is 0 Å². The summed E-state index contributed by atoms with van der Waals surface area (Å²) < 4.78 is 0. The van der Waals surface area contributed by atoms with Gasteiger partial charge in [0.2, 0.25) is 0 Å². The fourth-order valence-corrected chi connectivity index (χ4v) is 6.86. The zero-order valence-electron chi connectivity index (χ0n) is 21.7. The average molecular weight is 516 g/mol. The summed E-state index contributed by atoms with van der Waals surface area (Å²) in [5, 5.41) is 2.23. The number of aromatic amines is 2. The van der Waals surface area contributed by atoms with Crippen molar-refractivity contribution in [2.75, 3.05) is 26.2 Å². The number of benzene rings is 1. The van der Waals surface area contributed by atoms with Crippen LogP contribution in [0.3, 0.4) is 0 Å². The lowest BCUT2D eigenvalue weighted by Crippen LogP contribution is -2.59. The normalized spacial score (nSPS) is 18.0. The van der Waals surface area contributed by atoms with E-state index >= 15 is 0 Å². The van der Waals surface area contributed by atoms with Crippen LogP contribution in [0.15, 0.2) is 60.5 Å². The van der Waals surface area contributed by atoms with Gasteiger partial charge in [-0.25, -0.2) is 9.97 Å². The summed E-state index contributed by atoms with van der Waals surface area (Å²) in [6, 6.07) is 11.4. The van der Waals surface area contributed by atoms with Gasteiger partial charge in [-0.2, -0.15) is 0 Å². The van der Waals surface area contributed by atoms with Gasteiger partial charge in [-0.1, -0.05) is 24.3 Å². The van der Waals surface area contributed by atoms with Crippen molar-refractivity contribution >= 4 is 11.3 Å². The number of aryl methyl sites for hydroxylation is 1. The maximum absolute atomic E-state index is 4.41. The van der Waals surface area contributed by atoms with Crippen LogP contribution >= 0.6 is 11.3 Å². The van der Waals surface area contributed by atoms with Crippen molar-refractivity contribution in [1.82, 2.24) is 34.6 Å². The van der Waals surface area contributed by atoms with E-state index in [1.807, 2.05) is 36.1 Å². The van der Waals surface area contributed by atoms with E-state index in [-0.39, 0.29) is 0 Å². The first-order valence-electron chi connectivity index (χ1n) is 13.4. The lowest BCUT2D eigenvalue weighted by molar-refractivity contribution is -0.0519. The van der Waals surface area contributed by atoms with Crippen LogP contribution in [0.1, 0.15) is 46.1 Å². The van der Waals surface area contributed by atoms with Crippen LogP contribution in [0.25, 0.3) is 0 Å². The van der Waals surface area contributed by atoms with Crippen LogP contribution in [-0.2, 0) is 32.7 Å². The second-order valence-corrected chi connectivity index (χ2v) is 12.0. The Labute approximate surface area is 223 Å². The largest absolute Gasteiger partial charge is 0.348 e. The molecule has 2 N–H and O–H groups in total. The van der Waals surface area contributed by atoms with Crippen molar-refractivity contribution in [3.63, 3.8) is 0 Å². The van der Waals surface area contributed by atoms with Gasteiger partial charge in [0.15, 0.2) is 0 Å². The van der Waals surface area contributed by atoms with Crippen LogP contribution in [0.4, 0.5) is 0 Å². The Morgan fingerprint density at radius 2 is 1.49 bits per heavy atom. The molecule has 7 nitrogen and oxygen atoms in total. The molecule has 0 bridgehead atoms. The van der Waals surface area contributed by atoms with Gasteiger partial charge in [0, 0.05) is 62.4 Å². The number of nitrogens with zero attached hydrogens (tertiary/aromatic N) is 5. The zero-order chi connectivity index (χ0) is 25.1. The van der Waals surface area contributed by atoms with Crippen molar-refractivity contribution in [2.45, 2.75) is 52.5 Å². The number of aromatic nitrogens is 4. The number of H-pyrrole nitrogens is 2. The predicted octanol–water partition coefficient (Wildman–Crippen LogP) is 4.80. The molecule has 1 aromatic carbocycles. The Balaban J connectivity index is 0.982. The first-order valence-corrected chi connectivity index (χ1v) is 14.2. The maximum atomic E-state index is 4.41. The molecule has 0 unspecified atom stereocenters. The molecule has 37 heavy (non-hydrogen) atoms. The molecule has 2 saturated heterocycles. The summed E-state index contributed by atoms with van der Waals surface area (Å²) in [5.74, 6) is 1.95. The van der Waals surface area contributed by atoms with Crippen molar-refractivity contribution in [3.05, 3.63) is 93.7 Å². The fraction of sp³-hybridized carbons (Fsp3) is 0.448. The summed E-state index contributed by atoms with van der Waals surface area (Å²) in [7, 11) is 0. The smallest absolute Gasteiger partial charge is 0.120 e. The molecule has 4 aromatic rings. The second kappa shape index (κ2) is 10.9. The molecule has 8 heteroatoms. The van der Waals surface area contributed by atoms with Gasteiger partial charge in [0.25, 0.3) is 0 Å². The fourth-order valence-electron chi connectivity index (χ4n) is 5.91. The van der Waals surface area contributed by atoms with E-state index in [0.29, 0.717) is 5.41 Å². The number of hydrogen-bond donors (Lipinski definition) is 2. The minimum absolute atomic E-state index is 0.566. The van der Waals surface area contributed by atoms with Crippen molar-refractivity contribution in [3.8, 4) is 0 Å². The lowest BCUT2D eigenvalue weighted by atomic mass is 9.72. The van der Waals surface area contributed by atoms with Crippen molar-refractivity contribution in [2.24, 2.45) is 5.41 Å². The molecule has 194 valence electrons. The van der Waals surface area contributed by atoms with E-state index < -0.39 is 0 Å². The summed E-state index contributed by atoms with van der Waals surface area (Å²) >= 11 is 1.91. The maximum Gasteiger partial charge on any atom is 0.120 e. The average Bonchev–Trinajstić information content (AvgIpc) is 3.66. The highest BCUT2D eigenvalue weighted by Gasteiger charge is 2.44. The van der Waals surface area contributed by atoms with Gasteiger partial charge in [-0.15, -0.1) is 11.3 Å². The number of rotatable bonds is 10. The number of hydrogen-bond acceptors (Lipinski definition) is 6. The Morgan fingerprint density at radius 3 is 2.05 bits per heavy atom. The quantitative estimate of drug-likeness (QED) is 0.318. The summed E-state index contributed by atoms with van der Waals surface area (Å²) in [5.41, 5.74) is 4.74. The lowest BCUT2D eigenvalue weighted by Gasteiger charge is -2.54. The molecular formula is C29H37N7S. The second-order valence-electron chi connectivity index (χ2n) is 11.0. The van der Waals surface area contributed by atoms with Crippen LogP contribution in [0.5, 0.6) is 0 Å². The minimum Gasteiger partial charge on any atom is -0.348 e. The molecule has 6 rings (SSSR count). The number of likely N-dealkylation sites (tertiary alicyclic amines) is 2. The molecule has 2 fully saturated rings. The number of thiophene rings is 1. The van der Waals surface area contributed by atoms with Gasteiger partial charge >= 0.3 is 0 Å². The van der Waals surface area contributed by atoms with Crippen molar-refractivity contribution in [1.29, 1.82) is 0 Å². The van der Waals surface area contributed by atoms with Gasteiger partial charge in [0.05, 0.1) is 13.1 Å². The van der Waals surface area contributed by atoms with Gasteiger partial charge in [0.1, 0.15) is 11.6 Å². The standard InChI is InChI=1S/C29H37N7S/c1-23-6-15-37-26(23)18-36-21-29(22-36)7-13-34(14-8-29)16-24-2-4-25(5-3-24)17-35(19-27-30-9-10-31-27)20-28-32-11-12-33-28/h2-6,9-12,15H,7-8,13-14,16-22H2,1H3,(H,30,31)(H,32,33). The van der Waals surface area contributed by atoms with E-state index in [2.05, 4.69) is 77.3 Å². The van der Waals surface area contributed by atoms with E-state index in [9.17, 15) is 0 Å². The number of imidazole rings is 2. The van der Waals surface area contributed by atoms with E-state index in [1.54, 1.807) is 4.88 Å². The van der Waals surface area contributed by atoms with Crippen molar-refractivity contribution < 1.29 is 0 Å². The molecule has 2 aliphatic rings. The van der Waals surface area contributed by atoms with Crippen LogP contribution < -0.4 is 0 Å². The Hall–Kier alpha value is -2.78. The van der Waals surface area contributed by atoms with Gasteiger partial charge in [-0.05, 0) is 66.4 Å². The highest BCUT2D eigenvalue weighted by molar-refractivity contribution is 7.10.